The van der Waals surface area contributed by atoms with E-state index < -0.39 is 0 Å². The fraction of sp³-hybridized carbons (Fsp3) is 0.500. The molecule has 164 valence electrons. The number of H-pyrrole nitrogens is 1. The molecule has 0 saturated carbocycles. The Hall–Kier alpha value is -2.96. The second-order valence-electron chi connectivity index (χ2n) is 9.28. The first kappa shape index (κ1) is 21.3. The van der Waals surface area contributed by atoms with Gasteiger partial charge in [0.05, 0.1) is 10.9 Å². The molecule has 7 nitrogen and oxygen atoms in total. The third-order valence-electron chi connectivity index (χ3n) is 6.42. The minimum absolute atomic E-state index is 0.00888. The van der Waals surface area contributed by atoms with Gasteiger partial charge in [0.1, 0.15) is 17.8 Å². The summed E-state index contributed by atoms with van der Waals surface area (Å²) in [6.45, 7) is 6.58. The first-order valence-electron chi connectivity index (χ1n) is 11.1. The van der Waals surface area contributed by atoms with Crippen LogP contribution >= 0.6 is 0 Å². The Labute approximate surface area is 183 Å². The highest BCUT2D eigenvalue weighted by molar-refractivity contribution is 5.93. The third-order valence-corrected chi connectivity index (χ3v) is 6.42. The van der Waals surface area contributed by atoms with Crippen molar-refractivity contribution in [2.24, 2.45) is 5.41 Å². The van der Waals surface area contributed by atoms with Gasteiger partial charge in [-0.3, -0.25) is 9.78 Å². The summed E-state index contributed by atoms with van der Waals surface area (Å²) in [5.74, 6) is 1.40. The fourth-order valence-corrected chi connectivity index (χ4v) is 4.81. The largest absolute Gasteiger partial charge is 0.355 e. The van der Waals surface area contributed by atoms with Crippen LogP contribution in [0, 0.1) is 5.41 Å². The van der Waals surface area contributed by atoms with Crippen LogP contribution in [-0.2, 0) is 0 Å². The van der Waals surface area contributed by atoms with Crippen LogP contribution in [0.2, 0.25) is 0 Å². The number of amides is 1. The van der Waals surface area contributed by atoms with Crippen LogP contribution in [0.15, 0.2) is 36.9 Å². The molecule has 7 heteroatoms. The molecule has 1 aliphatic heterocycles. The number of nitrogens with zero attached hydrogens (tertiary/aromatic N) is 5. The van der Waals surface area contributed by atoms with E-state index in [4.69, 9.17) is 4.98 Å². The number of pyridine rings is 1. The molecule has 4 rings (SSSR count). The van der Waals surface area contributed by atoms with Gasteiger partial charge in [0.2, 0.25) is 0 Å². The van der Waals surface area contributed by atoms with Gasteiger partial charge in [-0.1, -0.05) is 20.3 Å². The molecular formula is C24H32N6O. The number of carbonyl (C=O) groups excluding carboxylic acids is 1. The normalized spacial score (nSPS) is 19.7. The Bertz CT molecular complexity index is 1040. The lowest BCUT2D eigenvalue weighted by Crippen LogP contribution is -2.27. The number of aromatic amines is 1. The lowest BCUT2D eigenvalue weighted by Gasteiger charge is -2.30. The molecular weight excluding hydrogens is 388 g/mol. The second-order valence-corrected chi connectivity index (χ2v) is 9.28. The number of hydrogen-bond donors (Lipinski definition) is 1. The molecule has 1 amide bonds. The van der Waals surface area contributed by atoms with E-state index in [-0.39, 0.29) is 11.3 Å². The van der Waals surface area contributed by atoms with E-state index in [1.54, 1.807) is 31.5 Å². The minimum atomic E-state index is -0.00888. The van der Waals surface area contributed by atoms with Gasteiger partial charge in [0.15, 0.2) is 0 Å². The highest BCUT2D eigenvalue weighted by Crippen LogP contribution is 2.42. The molecule has 1 fully saturated rings. The number of fused-ring (bicyclic) bond motifs is 1. The van der Waals surface area contributed by atoms with Gasteiger partial charge in [-0.25, -0.2) is 9.97 Å². The molecule has 1 N–H and O–H groups in total. The molecule has 2 atom stereocenters. The van der Waals surface area contributed by atoms with Crippen molar-refractivity contribution >= 4 is 22.8 Å². The predicted octanol–water partition coefficient (Wildman–Crippen LogP) is 4.25. The first-order chi connectivity index (χ1) is 14.9. The molecule has 0 bridgehead atoms. The van der Waals surface area contributed by atoms with Crippen molar-refractivity contribution < 1.29 is 4.79 Å². The van der Waals surface area contributed by atoms with Crippen LogP contribution in [0.4, 0.5) is 5.82 Å². The summed E-state index contributed by atoms with van der Waals surface area (Å²) in [5.41, 5.74) is 2.81. The number of rotatable bonds is 7. The average Bonchev–Trinajstić information content (AvgIpc) is 3.40. The minimum Gasteiger partial charge on any atom is -0.355 e. The molecule has 0 aromatic carbocycles. The van der Waals surface area contributed by atoms with Crippen molar-refractivity contribution in [1.29, 1.82) is 0 Å². The van der Waals surface area contributed by atoms with E-state index in [0.717, 1.165) is 61.3 Å². The smallest absolute Gasteiger partial charge is 0.254 e. The highest BCUT2D eigenvalue weighted by Gasteiger charge is 2.37. The molecule has 3 aromatic rings. The topological polar surface area (TPSA) is 78.0 Å². The quantitative estimate of drug-likeness (QED) is 0.618. The third kappa shape index (κ3) is 4.40. The Morgan fingerprint density at radius 2 is 2.10 bits per heavy atom. The van der Waals surface area contributed by atoms with Crippen molar-refractivity contribution in [3.05, 3.63) is 48.2 Å². The van der Waals surface area contributed by atoms with Crippen molar-refractivity contribution in [3.8, 4) is 0 Å². The number of hydrogen-bond acceptors (Lipinski definition) is 5. The van der Waals surface area contributed by atoms with Crippen LogP contribution in [-0.4, -0.2) is 57.9 Å². The summed E-state index contributed by atoms with van der Waals surface area (Å²) in [6, 6.07) is 6.02. The van der Waals surface area contributed by atoms with Crippen molar-refractivity contribution in [2.45, 2.75) is 45.4 Å². The van der Waals surface area contributed by atoms with Gasteiger partial charge in [-0.05, 0) is 42.9 Å². The summed E-state index contributed by atoms with van der Waals surface area (Å²) in [4.78, 5) is 33.0. The molecule has 4 heterocycles. The van der Waals surface area contributed by atoms with Gasteiger partial charge < -0.3 is 14.8 Å². The van der Waals surface area contributed by atoms with Gasteiger partial charge in [0.25, 0.3) is 5.91 Å². The van der Waals surface area contributed by atoms with Crippen LogP contribution in [0.1, 0.15) is 61.5 Å². The van der Waals surface area contributed by atoms with E-state index in [0.29, 0.717) is 11.5 Å². The van der Waals surface area contributed by atoms with Gasteiger partial charge in [-0.2, -0.15) is 0 Å². The molecule has 31 heavy (non-hydrogen) atoms. The van der Waals surface area contributed by atoms with Gasteiger partial charge in [-0.15, -0.1) is 0 Å². The zero-order valence-corrected chi connectivity index (χ0v) is 18.9. The highest BCUT2D eigenvalue weighted by atomic mass is 16.2. The van der Waals surface area contributed by atoms with Crippen LogP contribution < -0.4 is 4.90 Å². The van der Waals surface area contributed by atoms with Crippen molar-refractivity contribution in [3.63, 3.8) is 0 Å². The molecule has 1 aliphatic rings. The Balaban J connectivity index is 1.50. The van der Waals surface area contributed by atoms with Gasteiger partial charge >= 0.3 is 0 Å². The number of aromatic nitrogens is 4. The van der Waals surface area contributed by atoms with Crippen molar-refractivity contribution in [1.82, 2.24) is 24.8 Å². The second kappa shape index (κ2) is 8.65. The lowest BCUT2D eigenvalue weighted by molar-refractivity contribution is 0.0827. The Kier molecular flexibility index (Phi) is 5.94. The predicted molar refractivity (Wildman–Crippen MR) is 123 cm³/mol. The Morgan fingerprint density at radius 3 is 2.81 bits per heavy atom. The van der Waals surface area contributed by atoms with E-state index in [9.17, 15) is 4.79 Å². The summed E-state index contributed by atoms with van der Waals surface area (Å²) in [6.07, 6.45) is 9.70. The van der Waals surface area contributed by atoms with E-state index in [1.807, 2.05) is 18.3 Å². The molecule has 3 aromatic heterocycles. The average molecular weight is 421 g/mol. The number of nitrogens with one attached hydrogen (secondary N) is 1. The van der Waals surface area contributed by atoms with Crippen LogP contribution in [0.3, 0.4) is 0 Å². The molecule has 0 radical (unpaired) electrons. The molecule has 1 saturated heterocycles. The standard InChI is InChI=1S/C24H32N6O/c1-5-6-17(20-8-7-18(14-26-20)23(31)29(3)4)13-24(2)10-12-30(15-24)22-19-9-11-25-21(19)27-16-28-22/h7-9,11,14,16-17H,5-6,10,12-13,15H2,1-4H3,(H,25,27,28). The number of anilines is 1. The summed E-state index contributed by atoms with van der Waals surface area (Å²) >= 11 is 0. The SMILES string of the molecule is CCCC(CC1(C)CCN(c2ncnc3[nH]ccc23)C1)c1ccc(C(=O)N(C)C)cn1. The van der Waals surface area contributed by atoms with Crippen molar-refractivity contribution in [2.75, 3.05) is 32.1 Å². The first-order valence-corrected chi connectivity index (χ1v) is 11.1. The fourth-order valence-electron chi connectivity index (χ4n) is 4.81. The molecule has 0 spiro atoms. The molecule has 0 aliphatic carbocycles. The summed E-state index contributed by atoms with van der Waals surface area (Å²) in [7, 11) is 3.53. The maximum atomic E-state index is 12.2. The molecule has 2 unspecified atom stereocenters. The number of carbonyl (C=O) groups is 1. The van der Waals surface area contributed by atoms with Gasteiger partial charge in [0, 0.05) is 51.2 Å². The van der Waals surface area contributed by atoms with Crippen LogP contribution in [0.25, 0.3) is 11.0 Å². The zero-order chi connectivity index (χ0) is 22.0. The summed E-state index contributed by atoms with van der Waals surface area (Å²) < 4.78 is 0. The maximum absolute atomic E-state index is 12.2. The zero-order valence-electron chi connectivity index (χ0n) is 18.9. The van der Waals surface area contributed by atoms with E-state index in [2.05, 4.69) is 39.8 Å². The van der Waals surface area contributed by atoms with Crippen LogP contribution in [0.5, 0.6) is 0 Å². The monoisotopic (exact) mass is 420 g/mol. The Morgan fingerprint density at radius 1 is 1.26 bits per heavy atom. The lowest BCUT2D eigenvalue weighted by atomic mass is 9.77. The summed E-state index contributed by atoms with van der Waals surface area (Å²) in [5, 5.41) is 1.08. The van der Waals surface area contributed by atoms with E-state index in [1.165, 1.54) is 0 Å². The maximum Gasteiger partial charge on any atom is 0.254 e. The van der Waals surface area contributed by atoms with E-state index >= 15 is 0 Å².